The second kappa shape index (κ2) is 9.83. The summed E-state index contributed by atoms with van der Waals surface area (Å²) in [5, 5.41) is 7.64. The second-order valence-electron chi connectivity index (χ2n) is 8.35. The molecule has 0 aromatic heterocycles. The van der Waals surface area contributed by atoms with Crippen LogP contribution in [0.5, 0.6) is 0 Å². The van der Waals surface area contributed by atoms with Gasteiger partial charge in [0.15, 0.2) is 5.96 Å². The van der Waals surface area contributed by atoms with Crippen LogP contribution in [0, 0.1) is 5.41 Å². The number of guanidine groups is 1. The molecule has 1 saturated heterocycles. The van der Waals surface area contributed by atoms with Crippen molar-refractivity contribution in [2.24, 2.45) is 10.4 Å². The molecule has 1 heterocycles. The molecule has 1 aromatic carbocycles. The summed E-state index contributed by atoms with van der Waals surface area (Å²) >= 11 is 6.36. The summed E-state index contributed by atoms with van der Waals surface area (Å²) in [5.74, 6) is 0.946. The van der Waals surface area contributed by atoms with Crippen molar-refractivity contribution < 1.29 is 8.42 Å². The topological polar surface area (TPSA) is 73.8 Å². The highest BCUT2D eigenvalue weighted by Crippen LogP contribution is 2.27. The average molecular weight is 429 g/mol. The summed E-state index contributed by atoms with van der Waals surface area (Å²) in [7, 11) is -1.19. The Hall–Kier alpha value is -1.47. The number of nitrogens with one attached hydrogen (secondary N) is 2. The molecule has 1 aromatic rings. The summed E-state index contributed by atoms with van der Waals surface area (Å²) in [5.41, 5.74) is 0.928. The minimum atomic E-state index is -2.95. The summed E-state index contributed by atoms with van der Waals surface area (Å²) < 4.78 is 22.9. The molecule has 0 spiro atoms. The fourth-order valence-electron chi connectivity index (χ4n) is 3.28. The molecule has 1 aliphatic heterocycles. The second-order valence-corrected chi connectivity index (χ2v) is 11.0. The third-order valence-corrected chi connectivity index (χ3v) is 6.33. The van der Waals surface area contributed by atoms with Crippen molar-refractivity contribution in [3.05, 3.63) is 29.3 Å². The Morgan fingerprint density at radius 3 is 2.71 bits per heavy atom. The van der Waals surface area contributed by atoms with Gasteiger partial charge in [-0.1, -0.05) is 37.6 Å². The largest absolute Gasteiger partial charge is 0.368 e. The maximum atomic E-state index is 11.4. The first kappa shape index (κ1) is 22.8. The van der Waals surface area contributed by atoms with Gasteiger partial charge in [0.1, 0.15) is 9.84 Å². The van der Waals surface area contributed by atoms with Crippen LogP contribution >= 0.6 is 11.6 Å². The van der Waals surface area contributed by atoms with Gasteiger partial charge in [-0.3, -0.25) is 4.99 Å². The van der Waals surface area contributed by atoms with Gasteiger partial charge in [-0.05, 0) is 36.8 Å². The van der Waals surface area contributed by atoms with E-state index >= 15 is 0 Å². The van der Waals surface area contributed by atoms with Crippen LogP contribution < -0.4 is 15.5 Å². The third-order valence-electron chi connectivity index (χ3n) is 5.06. The van der Waals surface area contributed by atoms with Gasteiger partial charge in [-0.2, -0.15) is 0 Å². The highest BCUT2D eigenvalue weighted by Gasteiger charge is 2.24. The van der Waals surface area contributed by atoms with Crippen molar-refractivity contribution >= 4 is 33.1 Å². The van der Waals surface area contributed by atoms with Crippen LogP contribution in [0.2, 0.25) is 5.02 Å². The van der Waals surface area contributed by atoms with Crippen molar-refractivity contribution in [2.45, 2.75) is 39.2 Å². The first-order valence-electron chi connectivity index (χ1n) is 9.74. The molecule has 2 rings (SSSR count). The van der Waals surface area contributed by atoms with Crippen LogP contribution in [-0.2, 0) is 9.84 Å². The number of aliphatic imine (C=N–C) groups is 1. The van der Waals surface area contributed by atoms with E-state index in [9.17, 15) is 8.42 Å². The number of anilines is 1. The van der Waals surface area contributed by atoms with Crippen molar-refractivity contribution in [1.29, 1.82) is 0 Å². The van der Waals surface area contributed by atoms with Gasteiger partial charge in [0.25, 0.3) is 0 Å². The highest BCUT2D eigenvalue weighted by atomic mass is 35.5. The number of sulfone groups is 1. The maximum Gasteiger partial charge on any atom is 0.191 e. The normalized spacial score (nSPS) is 18.8. The van der Waals surface area contributed by atoms with Gasteiger partial charge in [-0.25, -0.2) is 8.42 Å². The van der Waals surface area contributed by atoms with Crippen molar-refractivity contribution in [3.63, 3.8) is 0 Å². The van der Waals surface area contributed by atoms with Gasteiger partial charge >= 0.3 is 0 Å². The Labute approximate surface area is 174 Å². The number of halogens is 1. The van der Waals surface area contributed by atoms with Gasteiger partial charge in [0.2, 0.25) is 0 Å². The van der Waals surface area contributed by atoms with Crippen molar-refractivity contribution in [3.8, 4) is 0 Å². The van der Waals surface area contributed by atoms with Crippen LogP contribution in [0.15, 0.2) is 29.3 Å². The van der Waals surface area contributed by atoms with Crippen LogP contribution in [0.1, 0.15) is 33.1 Å². The highest BCUT2D eigenvalue weighted by molar-refractivity contribution is 7.90. The van der Waals surface area contributed by atoms with Gasteiger partial charge in [0.05, 0.1) is 16.5 Å². The van der Waals surface area contributed by atoms with Gasteiger partial charge in [-0.15, -0.1) is 0 Å². The SMILES string of the molecule is CN=C(NCC(C)(C)CCS(C)(=O)=O)NC1CCCN(c2ccccc2Cl)C1. The predicted octanol–water partition coefficient (Wildman–Crippen LogP) is 2.93. The van der Waals surface area contributed by atoms with E-state index in [-0.39, 0.29) is 17.2 Å². The van der Waals surface area contributed by atoms with E-state index in [0.29, 0.717) is 13.0 Å². The fourth-order valence-corrected chi connectivity index (χ4v) is 4.46. The molecule has 8 heteroatoms. The average Bonchev–Trinajstić information content (AvgIpc) is 2.64. The molecule has 2 N–H and O–H groups in total. The predicted molar refractivity (Wildman–Crippen MR) is 119 cm³/mol. The first-order chi connectivity index (χ1) is 13.1. The minimum absolute atomic E-state index is 0.142. The molecule has 0 saturated carbocycles. The summed E-state index contributed by atoms with van der Waals surface area (Å²) in [6, 6.07) is 8.21. The molecule has 1 aliphatic rings. The molecule has 28 heavy (non-hydrogen) atoms. The zero-order chi connectivity index (χ0) is 20.8. The molecular weight excluding hydrogens is 396 g/mol. The molecule has 1 atom stereocenters. The zero-order valence-corrected chi connectivity index (χ0v) is 18.9. The Morgan fingerprint density at radius 2 is 2.07 bits per heavy atom. The quantitative estimate of drug-likeness (QED) is 0.516. The first-order valence-corrected chi connectivity index (χ1v) is 12.2. The Morgan fingerprint density at radius 1 is 1.36 bits per heavy atom. The van der Waals surface area contributed by atoms with Gasteiger partial charge < -0.3 is 15.5 Å². The Balaban J connectivity index is 1.89. The molecule has 6 nitrogen and oxygen atoms in total. The van der Waals surface area contributed by atoms with Crippen LogP contribution in [0.4, 0.5) is 5.69 Å². The number of nitrogens with zero attached hydrogens (tertiary/aromatic N) is 2. The molecule has 1 unspecified atom stereocenters. The van der Waals surface area contributed by atoms with E-state index in [1.165, 1.54) is 6.26 Å². The third kappa shape index (κ3) is 7.51. The lowest BCUT2D eigenvalue weighted by Crippen LogP contribution is -2.52. The minimum Gasteiger partial charge on any atom is -0.368 e. The van der Waals surface area contributed by atoms with E-state index in [2.05, 4.69) is 40.4 Å². The molecule has 0 bridgehead atoms. The summed E-state index contributed by atoms with van der Waals surface area (Å²) in [6.45, 7) is 6.65. The van der Waals surface area contributed by atoms with Crippen LogP contribution in [-0.4, -0.2) is 59.1 Å². The van der Waals surface area contributed by atoms with E-state index in [0.717, 1.165) is 42.6 Å². The summed E-state index contributed by atoms with van der Waals surface area (Å²) in [4.78, 5) is 6.65. The maximum absolute atomic E-state index is 11.4. The fraction of sp³-hybridized carbons (Fsp3) is 0.650. The number of hydrogen-bond donors (Lipinski definition) is 2. The number of hydrogen-bond acceptors (Lipinski definition) is 4. The van der Waals surface area contributed by atoms with E-state index < -0.39 is 9.84 Å². The smallest absolute Gasteiger partial charge is 0.191 e. The lowest BCUT2D eigenvalue weighted by molar-refractivity contribution is 0.347. The van der Waals surface area contributed by atoms with Crippen LogP contribution in [0.25, 0.3) is 0 Å². The molecular formula is C20H33ClN4O2S. The van der Waals surface area contributed by atoms with Gasteiger partial charge in [0, 0.05) is 39.0 Å². The zero-order valence-electron chi connectivity index (χ0n) is 17.3. The van der Waals surface area contributed by atoms with E-state index in [1.54, 1.807) is 7.05 Å². The van der Waals surface area contributed by atoms with Crippen LogP contribution in [0.3, 0.4) is 0 Å². The van der Waals surface area contributed by atoms with Crippen molar-refractivity contribution in [1.82, 2.24) is 10.6 Å². The lowest BCUT2D eigenvalue weighted by Gasteiger charge is -2.36. The summed E-state index contributed by atoms with van der Waals surface area (Å²) in [6.07, 6.45) is 4.04. The van der Waals surface area contributed by atoms with Crippen molar-refractivity contribution in [2.75, 3.05) is 43.6 Å². The molecule has 158 valence electrons. The standard InChI is InChI=1S/C20H33ClN4O2S/c1-20(2,11-13-28(4,26)27)15-23-19(22-3)24-16-8-7-12-25(14-16)18-10-6-5-9-17(18)21/h5-6,9-10,16H,7-8,11-15H2,1-4H3,(H2,22,23,24). The number of piperidine rings is 1. The number of para-hydroxylation sites is 1. The Bertz CT molecular complexity index is 780. The Kier molecular flexibility index (Phi) is 8.01. The lowest BCUT2D eigenvalue weighted by atomic mass is 9.90. The molecule has 0 radical (unpaired) electrons. The molecule has 1 fully saturated rings. The van der Waals surface area contributed by atoms with E-state index in [1.807, 2.05) is 18.2 Å². The number of rotatable bonds is 7. The molecule has 0 amide bonds. The number of benzene rings is 1. The van der Waals surface area contributed by atoms with E-state index in [4.69, 9.17) is 11.6 Å². The monoisotopic (exact) mass is 428 g/mol. The molecule has 0 aliphatic carbocycles.